The van der Waals surface area contributed by atoms with Crippen molar-refractivity contribution in [3.63, 3.8) is 0 Å². The van der Waals surface area contributed by atoms with Crippen LogP contribution in [-0.4, -0.2) is 25.3 Å². The molecule has 2 aromatic carbocycles. The largest absolute Gasteiger partial charge is 0.497 e. The lowest BCUT2D eigenvalue weighted by molar-refractivity contribution is 0.0600. The van der Waals surface area contributed by atoms with Crippen LogP contribution in [0.15, 0.2) is 49.1 Å². The van der Waals surface area contributed by atoms with E-state index in [0.717, 1.165) is 0 Å². The summed E-state index contributed by atoms with van der Waals surface area (Å²) in [7, 11) is 2.77. The van der Waals surface area contributed by atoms with Gasteiger partial charge < -0.3 is 14.6 Å². The second-order valence-electron chi connectivity index (χ2n) is 5.68. The average molecular weight is 344 g/mol. The van der Waals surface area contributed by atoms with Crippen LogP contribution in [0.1, 0.15) is 28.9 Å². The van der Waals surface area contributed by atoms with Crippen LogP contribution in [0.4, 0.5) is 4.39 Å². The third-order valence-electron chi connectivity index (χ3n) is 4.12. The fourth-order valence-corrected chi connectivity index (χ4v) is 2.55. The third kappa shape index (κ3) is 3.88. The Morgan fingerprint density at radius 3 is 2.52 bits per heavy atom. The second-order valence-corrected chi connectivity index (χ2v) is 5.68. The van der Waals surface area contributed by atoms with Crippen LogP contribution in [0.25, 0.3) is 11.1 Å². The Labute approximate surface area is 146 Å². The molecule has 2 atom stereocenters. The zero-order chi connectivity index (χ0) is 18.6. The number of hydrogen-bond acceptors (Lipinski definition) is 4. The summed E-state index contributed by atoms with van der Waals surface area (Å²) in [6.07, 6.45) is 0.643. The smallest absolute Gasteiger partial charge is 0.337 e. The van der Waals surface area contributed by atoms with Crippen molar-refractivity contribution in [2.75, 3.05) is 14.2 Å². The van der Waals surface area contributed by atoms with Gasteiger partial charge >= 0.3 is 5.97 Å². The maximum atomic E-state index is 14.4. The molecule has 0 aromatic heterocycles. The Morgan fingerprint density at radius 2 is 1.92 bits per heavy atom. The van der Waals surface area contributed by atoms with Gasteiger partial charge in [0.1, 0.15) is 11.6 Å². The summed E-state index contributed by atoms with van der Waals surface area (Å²) in [5.74, 6) is -0.783. The molecule has 132 valence electrons. The van der Waals surface area contributed by atoms with E-state index in [4.69, 9.17) is 9.47 Å². The highest BCUT2D eigenvalue weighted by molar-refractivity contribution is 5.90. The number of ether oxygens (including phenoxy) is 2. The monoisotopic (exact) mass is 344 g/mol. The summed E-state index contributed by atoms with van der Waals surface area (Å²) in [6.45, 7) is 5.47. The van der Waals surface area contributed by atoms with Gasteiger partial charge in [0, 0.05) is 11.5 Å². The van der Waals surface area contributed by atoms with Gasteiger partial charge in [-0.3, -0.25) is 0 Å². The van der Waals surface area contributed by atoms with Gasteiger partial charge in [0.2, 0.25) is 0 Å². The number of carbonyl (C=O) groups is 1. The van der Waals surface area contributed by atoms with Gasteiger partial charge in [-0.25, -0.2) is 9.18 Å². The molecule has 0 aliphatic carbocycles. The number of halogens is 1. The zero-order valence-electron chi connectivity index (χ0n) is 14.5. The molecule has 2 unspecified atom stereocenters. The number of aliphatic hydroxyl groups excluding tert-OH is 1. The molecule has 2 rings (SSSR count). The van der Waals surface area contributed by atoms with Crippen molar-refractivity contribution in [1.29, 1.82) is 0 Å². The topological polar surface area (TPSA) is 55.8 Å². The fraction of sp³-hybridized carbons (Fsp3) is 0.250. The lowest BCUT2D eigenvalue weighted by atomic mass is 9.89. The number of carbonyl (C=O) groups excluding carboxylic acids is 1. The number of hydrogen-bond donors (Lipinski definition) is 1. The SMILES string of the molecule is C=CC(C)C(O)c1cc(C(=O)OC)ccc1-c1cc(OC)ccc1F. The van der Waals surface area contributed by atoms with Crippen LogP contribution in [-0.2, 0) is 4.74 Å². The number of aliphatic hydroxyl groups is 1. The van der Waals surface area contributed by atoms with E-state index in [1.807, 2.05) is 0 Å². The van der Waals surface area contributed by atoms with Crippen molar-refractivity contribution in [2.45, 2.75) is 13.0 Å². The molecule has 25 heavy (non-hydrogen) atoms. The Bertz CT molecular complexity index is 785. The van der Waals surface area contributed by atoms with Crippen molar-refractivity contribution in [2.24, 2.45) is 5.92 Å². The first-order valence-electron chi connectivity index (χ1n) is 7.79. The molecule has 4 nitrogen and oxygen atoms in total. The first-order chi connectivity index (χ1) is 11.9. The molecule has 0 fully saturated rings. The predicted molar refractivity (Wildman–Crippen MR) is 94.0 cm³/mol. The lowest BCUT2D eigenvalue weighted by Crippen LogP contribution is -2.11. The van der Waals surface area contributed by atoms with E-state index >= 15 is 0 Å². The van der Waals surface area contributed by atoms with Gasteiger partial charge in [-0.1, -0.05) is 19.1 Å². The van der Waals surface area contributed by atoms with Gasteiger partial charge in [0.05, 0.1) is 25.9 Å². The highest BCUT2D eigenvalue weighted by atomic mass is 19.1. The van der Waals surface area contributed by atoms with E-state index in [1.54, 1.807) is 25.1 Å². The van der Waals surface area contributed by atoms with Crippen molar-refractivity contribution < 1.29 is 23.8 Å². The molecule has 1 N–H and O–H groups in total. The van der Waals surface area contributed by atoms with Crippen LogP contribution in [0.3, 0.4) is 0 Å². The lowest BCUT2D eigenvalue weighted by Gasteiger charge is -2.21. The molecule has 0 amide bonds. The van der Waals surface area contributed by atoms with E-state index in [-0.39, 0.29) is 17.0 Å². The van der Waals surface area contributed by atoms with Crippen LogP contribution in [0, 0.1) is 11.7 Å². The quantitative estimate of drug-likeness (QED) is 0.632. The van der Waals surface area contributed by atoms with Crippen molar-refractivity contribution in [3.05, 3.63) is 66.0 Å². The Balaban J connectivity index is 2.68. The minimum Gasteiger partial charge on any atom is -0.497 e. The van der Waals surface area contributed by atoms with Crippen molar-refractivity contribution in [1.82, 2.24) is 0 Å². The van der Waals surface area contributed by atoms with E-state index < -0.39 is 17.9 Å². The Hall–Kier alpha value is -2.66. The molecule has 5 heteroatoms. The average Bonchev–Trinajstić information content (AvgIpc) is 2.66. The molecule has 0 saturated heterocycles. The normalized spacial score (nSPS) is 13.0. The zero-order valence-corrected chi connectivity index (χ0v) is 14.5. The Kier molecular flexibility index (Phi) is 5.93. The maximum absolute atomic E-state index is 14.4. The highest BCUT2D eigenvalue weighted by Crippen LogP contribution is 2.36. The van der Waals surface area contributed by atoms with Crippen molar-refractivity contribution >= 4 is 5.97 Å². The van der Waals surface area contributed by atoms with Gasteiger partial charge in [0.15, 0.2) is 0 Å². The van der Waals surface area contributed by atoms with E-state index in [1.165, 1.54) is 38.5 Å². The molecular formula is C20H21FO4. The summed E-state index contributed by atoms with van der Waals surface area (Å²) in [6, 6.07) is 9.02. The second kappa shape index (κ2) is 7.94. The summed E-state index contributed by atoms with van der Waals surface area (Å²) < 4.78 is 24.3. The van der Waals surface area contributed by atoms with Gasteiger partial charge in [0.25, 0.3) is 0 Å². The third-order valence-corrected chi connectivity index (χ3v) is 4.12. The predicted octanol–water partition coefficient (Wildman–Crippen LogP) is 4.14. The van der Waals surface area contributed by atoms with Crippen molar-refractivity contribution in [3.8, 4) is 16.9 Å². The standard InChI is InChI=1S/C20H21FO4/c1-5-12(2)19(22)17-10-13(20(23)25-4)6-8-15(17)16-11-14(24-3)7-9-18(16)21/h5-12,19,22H,1H2,2-4H3. The molecule has 0 saturated carbocycles. The highest BCUT2D eigenvalue weighted by Gasteiger charge is 2.22. The number of benzene rings is 2. The molecule has 0 spiro atoms. The molecule has 0 heterocycles. The van der Waals surface area contributed by atoms with Gasteiger partial charge in [-0.15, -0.1) is 6.58 Å². The molecule has 0 radical (unpaired) electrons. The fourth-order valence-electron chi connectivity index (χ4n) is 2.55. The molecular weight excluding hydrogens is 323 g/mol. The van der Waals surface area contributed by atoms with Crippen LogP contribution < -0.4 is 4.74 Å². The van der Waals surface area contributed by atoms with Crippen LogP contribution in [0.2, 0.25) is 0 Å². The first kappa shape index (κ1) is 18.7. The molecule has 0 aliphatic rings. The molecule has 2 aromatic rings. The maximum Gasteiger partial charge on any atom is 0.337 e. The summed E-state index contributed by atoms with van der Waals surface area (Å²) >= 11 is 0. The summed E-state index contributed by atoms with van der Waals surface area (Å²) in [5.41, 5.74) is 1.45. The summed E-state index contributed by atoms with van der Waals surface area (Å²) in [5, 5.41) is 10.7. The number of methoxy groups -OCH3 is 2. The first-order valence-corrected chi connectivity index (χ1v) is 7.79. The minimum absolute atomic E-state index is 0.278. The van der Waals surface area contributed by atoms with E-state index in [0.29, 0.717) is 16.9 Å². The minimum atomic E-state index is -0.956. The van der Waals surface area contributed by atoms with E-state index in [9.17, 15) is 14.3 Å². The van der Waals surface area contributed by atoms with Crippen LogP contribution in [0.5, 0.6) is 5.75 Å². The molecule has 0 bridgehead atoms. The number of rotatable bonds is 6. The summed E-state index contributed by atoms with van der Waals surface area (Å²) in [4.78, 5) is 11.8. The van der Waals surface area contributed by atoms with Crippen LogP contribution >= 0.6 is 0 Å². The Morgan fingerprint density at radius 1 is 1.20 bits per heavy atom. The number of esters is 1. The van der Waals surface area contributed by atoms with E-state index in [2.05, 4.69) is 6.58 Å². The van der Waals surface area contributed by atoms with Gasteiger partial charge in [-0.05, 0) is 41.5 Å². The van der Waals surface area contributed by atoms with Gasteiger partial charge in [-0.2, -0.15) is 0 Å². The molecule has 0 aliphatic heterocycles.